The molecule has 7 heteroatoms. The van der Waals surface area contributed by atoms with E-state index in [-0.39, 0.29) is 11.6 Å². The SMILES string of the molecule is COC(=O)c1cc(OC(=O)c2ccc(OC)cc2)nn1C. The normalized spacial score (nSPS) is 10.0. The van der Waals surface area contributed by atoms with Crippen molar-refractivity contribution in [3.8, 4) is 11.6 Å². The van der Waals surface area contributed by atoms with Crippen LogP contribution in [0.1, 0.15) is 20.8 Å². The first kappa shape index (κ1) is 14.6. The van der Waals surface area contributed by atoms with Gasteiger partial charge >= 0.3 is 11.9 Å². The van der Waals surface area contributed by atoms with Gasteiger partial charge < -0.3 is 14.2 Å². The van der Waals surface area contributed by atoms with Crippen LogP contribution < -0.4 is 9.47 Å². The third-order valence-electron chi connectivity index (χ3n) is 2.77. The molecule has 0 spiro atoms. The van der Waals surface area contributed by atoms with Gasteiger partial charge in [-0.05, 0) is 24.3 Å². The number of rotatable bonds is 4. The van der Waals surface area contributed by atoms with Crippen LogP contribution in [0.15, 0.2) is 30.3 Å². The van der Waals surface area contributed by atoms with E-state index in [1.807, 2.05) is 0 Å². The van der Waals surface area contributed by atoms with Crippen LogP contribution in [0.3, 0.4) is 0 Å². The lowest BCUT2D eigenvalue weighted by Gasteiger charge is -2.02. The van der Waals surface area contributed by atoms with Crippen LogP contribution in [-0.2, 0) is 11.8 Å². The first-order valence-electron chi connectivity index (χ1n) is 6.03. The first-order valence-corrected chi connectivity index (χ1v) is 6.03. The lowest BCUT2D eigenvalue weighted by atomic mass is 10.2. The lowest BCUT2D eigenvalue weighted by Crippen LogP contribution is -2.09. The van der Waals surface area contributed by atoms with E-state index in [0.717, 1.165) is 0 Å². The van der Waals surface area contributed by atoms with Crippen LogP contribution in [0.5, 0.6) is 11.6 Å². The minimum absolute atomic E-state index is 0.0266. The van der Waals surface area contributed by atoms with Crippen LogP contribution in [-0.4, -0.2) is 35.9 Å². The maximum Gasteiger partial charge on any atom is 0.356 e. The number of aromatic nitrogens is 2. The van der Waals surface area contributed by atoms with Gasteiger partial charge in [0.05, 0.1) is 19.8 Å². The number of benzene rings is 1. The summed E-state index contributed by atoms with van der Waals surface area (Å²) in [5.41, 5.74) is 0.538. The highest BCUT2D eigenvalue weighted by Gasteiger charge is 2.17. The molecule has 0 aliphatic carbocycles. The third kappa shape index (κ3) is 3.19. The molecule has 1 aromatic heterocycles. The van der Waals surface area contributed by atoms with Crippen molar-refractivity contribution in [2.75, 3.05) is 14.2 Å². The molecule has 2 aromatic rings. The maximum atomic E-state index is 11.9. The largest absolute Gasteiger partial charge is 0.497 e. The minimum atomic E-state index is -0.577. The maximum absolute atomic E-state index is 11.9. The second-order valence-corrected chi connectivity index (χ2v) is 4.10. The Morgan fingerprint density at radius 1 is 1.10 bits per heavy atom. The van der Waals surface area contributed by atoms with Crippen molar-refractivity contribution in [1.82, 2.24) is 9.78 Å². The van der Waals surface area contributed by atoms with E-state index in [1.54, 1.807) is 31.3 Å². The van der Waals surface area contributed by atoms with Crippen molar-refractivity contribution >= 4 is 11.9 Å². The zero-order chi connectivity index (χ0) is 15.4. The Balaban J connectivity index is 2.13. The second-order valence-electron chi connectivity index (χ2n) is 4.10. The quantitative estimate of drug-likeness (QED) is 0.793. The summed E-state index contributed by atoms with van der Waals surface area (Å²) in [4.78, 5) is 23.4. The lowest BCUT2D eigenvalue weighted by molar-refractivity contribution is 0.0587. The number of esters is 2. The van der Waals surface area contributed by atoms with Gasteiger partial charge in [-0.3, -0.25) is 4.68 Å². The van der Waals surface area contributed by atoms with E-state index in [2.05, 4.69) is 9.84 Å². The molecule has 1 aromatic carbocycles. The summed E-state index contributed by atoms with van der Waals surface area (Å²) in [5.74, 6) is -0.472. The van der Waals surface area contributed by atoms with Crippen LogP contribution in [0.2, 0.25) is 0 Å². The molecule has 0 unspecified atom stereocenters. The molecule has 2 rings (SSSR count). The minimum Gasteiger partial charge on any atom is -0.497 e. The summed E-state index contributed by atoms with van der Waals surface area (Å²) >= 11 is 0. The fraction of sp³-hybridized carbons (Fsp3) is 0.214. The van der Waals surface area contributed by atoms with Crippen molar-refractivity contribution in [2.24, 2.45) is 7.05 Å². The second kappa shape index (κ2) is 6.08. The Morgan fingerprint density at radius 2 is 1.76 bits per heavy atom. The molecular weight excluding hydrogens is 276 g/mol. The molecule has 0 saturated carbocycles. The van der Waals surface area contributed by atoms with E-state index >= 15 is 0 Å². The summed E-state index contributed by atoms with van der Waals surface area (Å²) in [6.07, 6.45) is 0. The van der Waals surface area contributed by atoms with Gasteiger partial charge in [-0.15, -0.1) is 5.10 Å². The average Bonchev–Trinajstić information content (AvgIpc) is 2.87. The van der Waals surface area contributed by atoms with Crippen LogP contribution in [0.25, 0.3) is 0 Å². The topological polar surface area (TPSA) is 79.7 Å². The summed E-state index contributed by atoms with van der Waals surface area (Å²) in [6.45, 7) is 0. The summed E-state index contributed by atoms with van der Waals surface area (Å²) in [6, 6.07) is 7.79. The molecule has 0 atom stereocenters. The van der Waals surface area contributed by atoms with E-state index < -0.39 is 11.9 Å². The highest BCUT2D eigenvalue weighted by molar-refractivity contribution is 5.92. The number of hydrogen-bond acceptors (Lipinski definition) is 6. The molecule has 110 valence electrons. The molecule has 7 nitrogen and oxygen atoms in total. The molecule has 1 heterocycles. The van der Waals surface area contributed by atoms with E-state index in [9.17, 15) is 9.59 Å². The molecule has 0 amide bonds. The van der Waals surface area contributed by atoms with Gasteiger partial charge in [-0.1, -0.05) is 0 Å². The molecule has 0 bridgehead atoms. The van der Waals surface area contributed by atoms with Crippen molar-refractivity contribution in [3.63, 3.8) is 0 Å². The number of ether oxygens (including phenoxy) is 3. The van der Waals surface area contributed by atoms with E-state index in [0.29, 0.717) is 11.3 Å². The summed E-state index contributed by atoms with van der Waals surface area (Å²) < 4.78 is 16.0. The Kier molecular flexibility index (Phi) is 4.22. The molecule has 21 heavy (non-hydrogen) atoms. The van der Waals surface area contributed by atoms with Crippen LogP contribution >= 0.6 is 0 Å². The van der Waals surface area contributed by atoms with Gasteiger partial charge in [0.1, 0.15) is 11.4 Å². The molecule has 0 fully saturated rings. The van der Waals surface area contributed by atoms with Crippen molar-refractivity contribution in [3.05, 3.63) is 41.6 Å². The van der Waals surface area contributed by atoms with Crippen LogP contribution in [0, 0.1) is 0 Å². The van der Waals surface area contributed by atoms with Crippen molar-refractivity contribution < 1.29 is 23.8 Å². The fourth-order valence-electron chi connectivity index (χ4n) is 1.67. The van der Waals surface area contributed by atoms with Gasteiger partial charge in [-0.2, -0.15) is 0 Å². The number of carbonyl (C=O) groups is 2. The Hall–Kier alpha value is -2.83. The number of carbonyl (C=O) groups excluding carboxylic acids is 2. The molecule has 0 aliphatic rings. The summed E-state index contributed by atoms with van der Waals surface area (Å²) in [7, 11) is 4.35. The molecular formula is C14H14N2O5. The number of methoxy groups -OCH3 is 2. The monoisotopic (exact) mass is 290 g/mol. The summed E-state index contributed by atoms with van der Waals surface area (Å²) in [5, 5.41) is 3.93. The van der Waals surface area contributed by atoms with Gasteiger partial charge in [0.2, 0.25) is 5.88 Å². The third-order valence-corrected chi connectivity index (χ3v) is 2.77. The van der Waals surface area contributed by atoms with Crippen molar-refractivity contribution in [2.45, 2.75) is 0 Å². The molecule has 0 radical (unpaired) electrons. The first-order chi connectivity index (χ1) is 10.0. The van der Waals surface area contributed by atoms with E-state index in [1.165, 1.54) is 25.0 Å². The molecule has 0 N–H and O–H groups in total. The van der Waals surface area contributed by atoms with Gasteiger partial charge in [-0.25, -0.2) is 9.59 Å². The van der Waals surface area contributed by atoms with Crippen LogP contribution in [0.4, 0.5) is 0 Å². The fourth-order valence-corrected chi connectivity index (χ4v) is 1.67. The Bertz CT molecular complexity index is 661. The predicted molar refractivity (Wildman–Crippen MR) is 72.5 cm³/mol. The number of nitrogens with zero attached hydrogens (tertiary/aromatic N) is 2. The van der Waals surface area contributed by atoms with Gasteiger partial charge in [0.25, 0.3) is 0 Å². The van der Waals surface area contributed by atoms with E-state index in [4.69, 9.17) is 9.47 Å². The Morgan fingerprint density at radius 3 is 2.33 bits per heavy atom. The van der Waals surface area contributed by atoms with Gasteiger partial charge in [0, 0.05) is 13.1 Å². The average molecular weight is 290 g/mol. The zero-order valence-corrected chi connectivity index (χ0v) is 11.8. The standard InChI is InChI=1S/C14H14N2O5/c1-16-11(14(18)20-3)8-12(15-16)21-13(17)9-4-6-10(19-2)7-5-9/h4-8H,1-3H3. The molecule has 0 saturated heterocycles. The number of aryl methyl sites for hydroxylation is 1. The highest BCUT2D eigenvalue weighted by atomic mass is 16.5. The number of hydrogen-bond donors (Lipinski definition) is 0. The Labute approximate surface area is 121 Å². The predicted octanol–water partition coefficient (Wildman–Crippen LogP) is 1.43. The van der Waals surface area contributed by atoms with Crippen molar-refractivity contribution in [1.29, 1.82) is 0 Å². The smallest absolute Gasteiger partial charge is 0.356 e. The van der Waals surface area contributed by atoms with Gasteiger partial charge in [0.15, 0.2) is 0 Å². The zero-order valence-electron chi connectivity index (χ0n) is 11.8. The molecule has 0 aliphatic heterocycles. The highest BCUT2D eigenvalue weighted by Crippen LogP contribution is 2.16.